The molecule has 182 valence electrons. The molecule has 1 fully saturated rings. The molecule has 3 aromatic carbocycles. The number of hydrogen-bond donors (Lipinski definition) is 0. The first-order chi connectivity index (χ1) is 16.9. The van der Waals surface area contributed by atoms with Crippen molar-refractivity contribution in [1.82, 2.24) is 9.80 Å². The number of piperidine rings is 1. The Morgan fingerprint density at radius 1 is 1.00 bits per heavy atom. The molecule has 35 heavy (non-hydrogen) atoms. The predicted molar refractivity (Wildman–Crippen MR) is 133 cm³/mol. The second kappa shape index (κ2) is 11.2. The molecule has 1 unspecified atom stereocenters. The molecule has 0 saturated carbocycles. The molecule has 1 saturated heterocycles. The van der Waals surface area contributed by atoms with E-state index in [9.17, 15) is 14.0 Å². The monoisotopic (exact) mass is 474 g/mol. The van der Waals surface area contributed by atoms with Gasteiger partial charge in [-0.1, -0.05) is 54.6 Å². The van der Waals surface area contributed by atoms with E-state index in [-0.39, 0.29) is 18.2 Å². The maximum absolute atomic E-state index is 13.8. The van der Waals surface area contributed by atoms with Gasteiger partial charge in [-0.2, -0.15) is 0 Å². The molecule has 3 aromatic rings. The summed E-state index contributed by atoms with van der Waals surface area (Å²) < 4.78 is 19.9. The smallest absolute Gasteiger partial charge is 0.253 e. The van der Waals surface area contributed by atoms with Crippen LogP contribution in [0.15, 0.2) is 84.9 Å². The first-order valence-electron chi connectivity index (χ1n) is 11.9. The Morgan fingerprint density at radius 3 is 2.43 bits per heavy atom. The van der Waals surface area contributed by atoms with Crippen molar-refractivity contribution in [3.05, 3.63) is 102 Å². The van der Waals surface area contributed by atoms with Crippen LogP contribution in [0.4, 0.5) is 4.39 Å². The fraction of sp³-hybridized carbons (Fsp3) is 0.310. The Morgan fingerprint density at radius 2 is 1.71 bits per heavy atom. The molecule has 6 heteroatoms. The van der Waals surface area contributed by atoms with Gasteiger partial charge >= 0.3 is 0 Å². The van der Waals surface area contributed by atoms with Gasteiger partial charge in [0.1, 0.15) is 11.6 Å². The SMILES string of the molecule is CN(Cc1ccccc1)C(=O)CC1(COc2ccccc2)CCCN(C(=O)c2cccc(F)c2)C1. The minimum Gasteiger partial charge on any atom is -0.493 e. The summed E-state index contributed by atoms with van der Waals surface area (Å²) in [7, 11) is 1.81. The van der Waals surface area contributed by atoms with Gasteiger partial charge < -0.3 is 14.5 Å². The summed E-state index contributed by atoms with van der Waals surface area (Å²) in [5.41, 5.74) is 0.834. The summed E-state index contributed by atoms with van der Waals surface area (Å²) in [4.78, 5) is 30.0. The van der Waals surface area contributed by atoms with Crippen molar-refractivity contribution >= 4 is 11.8 Å². The Hall–Kier alpha value is -3.67. The maximum Gasteiger partial charge on any atom is 0.253 e. The summed E-state index contributed by atoms with van der Waals surface area (Å²) in [6, 6.07) is 25.1. The second-order valence-corrected chi connectivity index (χ2v) is 9.35. The summed E-state index contributed by atoms with van der Waals surface area (Å²) in [6.07, 6.45) is 1.77. The number of nitrogens with zero attached hydrogens (tertiary/aromatic N) is 2. The van der Waals surface area contributed by atoms with Gasteiger partial charge in [0.05, 0.1) is 6.61 Å². The zero-order valence-electron chi connectivity index (χ0n) is 20.0. The summed E-state index contributed by atoms with van der Waals surface area (Å²) in [5, 5.41) is 0. The van der Waals surface area contributed by atoms with Gasteiger partial charge in [-0.25, -0.2) is 4.39 Å². The minimum absolute atomic E-state index is 0.00516. The van der Waals surface area contributed by atoms with Crippen LogP contribution in [0.25, 0.3) is 0 Å². The molecule has 0 N–H and O–H groups in total. The zero-order valence-corrected chi connectivity index (χ0v) is 20.0. The number of hydrogen-bond acceptors (Lipinski definition) is 3. The van der Waals surface area contributed by atoms with E-state index in [2.05, 4.69) is 0 Å². The molecule has 1 aliphatic rings. The Balaban J connectivity index is 1.52. The minimum atomic E-state index is -0.543. The topological polar surface area (TPSA) is 49.9 Å². The lowest BCUT2D eigenvalue weighted by atomic mass is 9.77. The average Bonchev–Trinajstić information content (AvgIpc) is 2.88. The third-order valence-corrected chi connectivity index (χ3v) is 6.52. The number of likely N-dealkylation sites (tertiary alicyclic amines) is 1. The lowest BCUT2D eigenvalue weighted by Crippen LogP contribution is -2.50. The molecule has 2 amide bonds. The van der Waals surface area contributed by atoms with Crippen LogP contribution in [0.2, 0.25) is 0 Å². The molecule has 5 nitrogen and oxygen atoms in total. The van der Waals surface area contributed by atoms with Crippen molar-refractivity contribution in [2.24, 2.45) is 5.41 Å². The Labute approximate surface area is 206 Å². The molecule has 1 aliphatic heterocycles. The van der Waals surface area contributed by atoms with E-state index >= 15 is 0 Å². The molecular formula is C29H31FN2O3. The summed E-state index contributed by atoms with van der Waals surface area (Å²) in [5.74, 6) is 0.0683. The predicted octanol–water partition coefficient (Wildman–Crippen LogP) is 5.18. The molecule has 0 spiro atoms. The van der Waals surface area contributed by atoms with Gasteiger partial charge in [0.15, 0.2) is 0 Å². The van der Waals surface area contributed by atoms with Crippen LogP contribution in [0.1, 0.15) is 35.2 Å². The van der Waals surface area contributed by atoms with Crippen LogP contribution < -0.4 is 4.74 Å². The van der Waals surface area contributed by atoms with Crippen molar-refractivity contribution in [1.29, 1.82) is 0 Å². The number of carbonyl (C=O) groups is 2. The van der Waals surface area contributed by atoms with Crippen LogP contribution >= 0.6 is 0 Å². The lowest BCUT2D eigenvalue weighted by Gasteiger charge is -2.43. The first kappa shape index (κ1) is 24.5. The van der Waals surface area contributed by atoms with Gasteiger partial charge in [0, 0.05) is 44.1 Å². The molecule has 0 aliphatic carbocycles. The van der Waals surface area contributed by atoms with Crippen molar-refractivity contribution in [3.63, 3.8) is 0 Å². The van der Waals surface area contributed by atoms with Gasteiger partial charge in [0.25, 0.3) is 5.91 Å². The van der Waals surface area contributed by atoms with Crippen LogP contribution in [0.3, 0.4) is 0 Å². The first-order valence-corrected chi connectivity index (χ1v) is 11.9. The van der Waals surface area contributed by atoms with Crippen molar-refractivity contribution in [2.75, 3.05) is 26.7 Å². The number of halogens is 1. The number of para-hydroxylation sites is 1. The number of ether oxygens (including phenoxy) is 1. The molecule has 0 bridgehead atoms. The van der Waals surface area contributed by atoms with E-state index in [4.69, 9.17) is 4.74 Å². The highest BCUT2D eigenvalue weighted by Crippen LogP contribution is 2.36. The van der Waals surface area contributed by atoms with E-state index in [1.165, 1.54) is 12.1 Å². The quantitative estimate of drug-likeness (QED) is 0.452. The lowest BCUT2D eigenvalue weighted by molar-refractivity contribution is -0.134. The fourth-order valence-electron chi connectivity index (χ4n) is 4.65. The molecule has 0 radical (unpaired) electrons. The second-order valence-electron chi connectivity index (χ2n) is 9.35. The van der Waals surface area contributed by atoms with E-state index in [0.29, 0.717) is 31.8 Å². The Bertz CT molecular complexity index is 1140. The van der Waals surface area contributed by atoms with Crippen molar-refractivity contribution in [3.8, 4) is 5.75 Å². The van der Waals surface area contributed by atoms with Crippen molar-refractivity contribution in [2.45, 2.75) is 25.8 Å². The maximum atomic E-state index is 13.8. The van der Waals surface area contributed by atoms with E-state index in [1.807, 2.05) is 60.7 Å². The van der Waals surface area contributed by atoms with Gasteiger partial charge in [-0.15, -0.1) is 0 Å². The number of benzene rings is 3. The van der Waals surface area contributed by atoms with Gasteiger partial charge in [0.2, 0.25) is 5.91 Å². The number of amides is 2. The highest BCUT2D eigenvalue weighted by Gasteiger charge is 2.40. The third kappa shape index (κ3) is 6.47. The van der Waals surface area contributed by atoms with Crippen LogP contribution in [0.5, 0.6) is 5.75 Å². The van der Waals surface area contributed by atoms with Crippen LogP contribution in [0, 0.1) is 11.2 Å². The normalized spacial score (nSPS) is 17.6. The highest BCUT2D eigenvalue weighted by atomic mass is 19.1. The Kier molecular flexibility index (Phi) is 7.80. The van der Waals surface area contributed by atoms with E-state index < -0.39 is 11.2 Å². The van der Waals surface area contributed by atoms with Crippen LogP contribution in [-0.4, -0.2) is 48.4 Å². The molecule has 1 atom stereocenters. The summed E-state index contributed by atoms with van der Waals surface area (Å²) >= 11 is 0. The fourth-order valence-corrected chi connectivity index (χ4v) is 4.65. The molecular weight excluding hydrogens is 443 g/mol. The van der Waals surface area contributed by atoms with Crippen molar-refractivity contribution < 1.29 is 18.7 Å². The molecule has 0 aromatic heterocycles. The van der Waals surface area contributed by atoms with Gasteiger partial charge in [-0.3, -0.25) is 9.59 Å². The number of rotatable bonds is 8. The standard InChI is InChI=1S/C29H31FN2O3/c1-31(20-23-10-4-2-5-11-23)27(33)19-29(22-35-26-14-6-3-7-15-26)16-9-17-32(21-29)28(34)24-12-8-13-25(30)18-24/h2-8,10-15,18H,9,16-17,19-22H2,1H3. The molecule has 1 heterocycles. The largest absolute Gasteiger partial charge is 0.493 e. The molecule has 4 rings (SSSR count). The van der Waals surface area contributed by atoms with Crippen LogP contribution in [-0.2, 0) is 11.3 Å². The summed E-state index contributed by atoms with van der Waals surface area (Å²) in [6.45, 7) is 1.77. The van der Waals surface area contributed by atoms with E-state index in [0.717, 1.165) is 24.2 Å². The third-order valence-electron chi connectivity index (χ3n) is 6.52. The van der Waals surface area contributed by atoms with E-state index in [1.54, 1.807) is 29.0 Å². The number of carbonyl (C=O) groups excluding carboxylic acids is 2. The average molecular weight is 475 g/mol. The van der Waals surface area contributed by atoms with Gasteiger partial charge in [-0.05, 0) is 48.7 Å². The zero-order chi connectivity index (χ0) is 24.7. The highest BCUT2D eigenvalue weighted by molar-refractivity contribution is 5.94.